The second-order valence-corrected chi connectivity index (χ2v) is 8.27. The molecule has 1 fully saturated rings. The van der Waals surface area contributed by atoms with Crippen molar-refractivity contribution in [2.45, 2.75) is 18.8 Å². The fraction of sp³-hybridized carbons (Fsp3) is 0.364. The Morgan fingerprint density at radius 3 is 2.90 bits per heavy atom. The molecule has 1 aliphatic heterocycles. The molecule has 0 saturated carbocycles. The molecule has 0 bridgehead atoms. The molecule has 156 valence electrons. The molecule has 2 amide bonds. The van der Waals surface area contributed by atoms with E-state index >= 15 is 0 Å². The molecule has 3 aromatic heterocycles. The van der Waals surface area contributed by atoms with Crippen LogP contribution in [0.3, 0.4) is 0 Å². The molecule has 0 spiro atoms. The van der Waals surface area contributed by atoms with Crippen molar-refractivity contribution in [2.24, 2.45) is 0 Å². The predicted molar refractivity (Wildman–Crippen MR) is 116 cm³/mol. The van der Waals surface area contributed by atoms with Gasteiger partial charge in [0.2, 0.25) is 5.91 Å². The summed E-state index contributed by atoms with van der Waals surface area (Å²) >= 11 is 1.41. The Kier molecular flexibility index (Phi) is 6.35. The third-order valence-electron chi connectivity index (χ3n) is 5.31. The monoisotopic (exact) mass is 424 g/mol. The van der Waals surface area contributed by atoms with Gasteiger partial charge in [0.05, 0.1) is 17.9 Å². The second-order valence-electron chi connectivity index (χ2n) is 7.27. The number of carbonyl (C=O) groups is 2. The summed E-state index contributed by atoms with van der Waals surface area (Å²) in [5.41, 5.74) is 1.78. The lowest BCUT2D eigenvalue weighted by molar-refractivity contribution is -0.129. The number of ether oxygens (including phenoxy) is 1. The SMILES string of the molecule is COCCNC(=O)c1sc2ncccc2c1[C@@H]1CCN(C(=O)Cc2ccccn2)C1. The highest BCUT2D eigenvalue weighted by Gasteiger charge is 2.32. The Bertz CT molecular complexity index is 1040. The van der Waals surface area contributed by atoms with Crippen LogP contribution in [-0.4, -0.2) is 60.0 Å². The number of thiophene rings is 1. The highest BCUT2D eigenvalue weighted by Crippen LogP contribution is 2.39. The molecule has 0 unspecified atom stereocenters. The molecule has 1 N–H and O–H groups in total. The number of nitrogens with zero attached hydrogens (tertiary/aromatic N) is 3. The van der Waals surface area contributed by atoms with Crippen molar-refractivity contribution in [3.63, 3.8) is 0 Å². The zero-order chi connectivity index (χ0) is 20.9. The lowest BCUT2D eigenvalue weighted by Crippen LogP contribution is -2.30. The van der Waals surface area contributed by atoms with Gasteiger partial charge in [0.25, 0.3) is 5.91 Å². The summed E-state index contributed by atoms with van der Waals surface area (Å²) in [6.45, 7) is 2.20. The lowest BCUT2D eigenvalue weighted by Gasteiger charge is -2.17. The molecule has 0 radical (unpaired) electrons. The van der Waals surface area contributed by atoms with Gasteiger partial charge in [-0.2, -0.15) is 0 Å². The van der Waals surface area contributed by atoms with Gasteiger partial charge in [-0.25, -0.2) is 4.98 Å². The molecule has 7 nitrogen and oxygen atoms in total. The third kappa shape index (κ3) is 4.34. The number of carbonyl (C=O) groups excluding carboxylic acids is 2. The predicted octanol–water partition coefficient (Wildman–Crippen LogP) is 2.63. The summed E-state index contributed by atoms with van der Waals surface area (Å²) < 4.78 is 5.03. The van der Waals surface area contributed by atoms with Gasteiger partial charge in [0.15, 0.2) is 0 Å². The van der Waals surface area contributed by atoms with E-state index in [1.807, 2.05) is 35.2 Å². The van der Waals surface area contributed by atoms with Gasteiger partial charge in [-0.15, -0.1) is 11.3 Å². The topological polar surface area (TPSA) is 84.4 Å². The second kappa shape index (κ2) is 9.32. The first kappa shape index (κ1) is 20.4. The van der Waals surface area contributed by atoms with Gasteiger partial charge in [-0.3, -0.25) is 14.6 Å². The van der Waals surface area contributed by atoms with Crippen molar-refractivity contribution in [3.05, 3.63) is 58.9 Å². The zero-order valence-electron chi connectivity index (χ0n) is 16.8. The van der Waals surface area contributed by atoms with E-state index in [9.17, 15) is 9.59 Å². The molecule has 30 heavy (non-hydrogen) atoms. The molecule has 1 saturated heterocycles. The highest BCUT2D eigenvalue weighted by atomic mass is 32.1. The Hall–Kier alpha value is -2.84. The van der Waals surface area contributed by atoms with Crippen LogP contribution in [0.25, 0.3) is 10.2 Å². The maximum atomic E-state index is 12.9. The molecule has 4 rings (SSSR count). The van der Waals surface area contributed by atoms with E-state index in [1.54, 1.807) is 19.5 Å². The Morgan fingerprint density at radius 2 is 2.10 bits per heavy atom. The van der Waals surface area contributed by atoms with Crippen molar-refractivity contribution in [1.29, 1.82) is 0 Å². The molecule has 1 atom stereocenters. The molecule has 0 aliphatic carbocycles. The normalized spacial score (nSPS) is 16.2. The van der Waals surface area contributed by atoms with Gasteiger partial charge in [-0.05, 0) is 30.2 Å². The first-order chi connectivity index (χ1) is 14.7. The third-order valence-corrected chi connectivity index (χ3v) is 6.44. The van der Waals surface area contributed by atoms with Crippen LogP contribution in [0.5, 0.6) is 0 Å². The van der Waals surface area contributed by atoms with Crippen molar-refractivity contribution >= 4 is 33.4 Å². The Labute approximate surface area is 179 Å². The number of hydrogen-bond donors (Lipinski definition) is 1. The van der Waals surface area contributed by atoms with Crippen LogP contribution < -0.4 is 5.32 Å². The summed E-state index contributed by atoms with van der Waals surface area (Å²) in [5.74, 6) is 0.0714. The molecular weight excluding hydrogens is 400 g/mol. The molecule has 4 heterocycles. The molecule has 8 heteroatoms. The van der Waals surface area contributed by atoms with Crippen LogP contribution in [0, 0.1) is 0 Å². The summed E-state index contributed by atoms with van der Waals surface area (Å²) in [6, 6.07) is 9.50. The van der Waals surface area contributed by atoms with Crippen molar-refractivity contribution in [3.8, 4) is 0 Å². The average molecular weight is 425 g/mol. The largest absolute Gasteiger partial charge is 0.383 e. The fourth-order valence-electron chi connectivity index (χ4n) is 3.86. The smallest absolute Gasteiger partial charge is 0.261 e. The zero-order valence-corrected chi connectivity index (χ0v) is 17.7. The Balaban J connectivity index is 1.54. The number of aromatic nitrogens is 2. The Morgan fingerprint density at radius 1 is 1.23 bits per heavy atom. The van der Waals surface area contributed by atoms with Crippen molar-refractivity contribution in [2.75, 3.05) is 33.4 Å². The number of rotatable bonds is 7. The minimum atomic E-state index is -0.108. The maximum absolute atomic E-state index is 12.9. The average Bonchev–Trinajstić information content (AvgIpc) is 3.39. The van der Waals surface area contributed by atoms with E-state index in [4.69, 9.17) is 4.74 Å². The van der Waals surface area contributed by atoms with Crippen LogP contribution in [0.2, 0.25) is 0 Å². The minimum Gasteiger partial charge on any atom is -0.383 e. The van der Waals surface area contributed by atoms with Gasteiger partial charge >= 0.3 is 0 Å². The van der Waals surface area contributed by atoms with Gasteiger partial charge in [0.1, 0.15) is 4.83 Å². The van der Waals surface area contributed by atoms with Crippen LogP contribution in [0.15, 0.2) is 42.7 Å². The molecule has 3 aromatic rings. The van der Waals surface area contributed by atoms with E-state index in [1.165, 1.54) is 11.3 Å². The van der Waals surface area contributed by atoms with Gasteiger partial charge in [-0.1, -0.05) is 12.1 Å². The first-order valence-corrected chi connectivity index (χ1v) is 10.8. The minimum absolute atomic E-state index is 0.0694. The van der Waals surface area contributed by atoms with Crippen LogP contribution in [0.1, 0.15) is 33.3 Å². The summed E-state index contributed by atoms with van der Waals surface area (Å²) in [4.78, 5) is 37.7. The summed E-state index contributed by atoms with van der Waals surface area (Å²) in [5, 5.41) is 3.92. The molecule has 0 aromatic carbocycles. The molecular formula is C22H24N4O3S. The quantitative estimate of drug-likeness (QED) is 0.590. The number of methoxy groups -OCH3 is 1. The van der Waals surface area contributed by atoms with Crippen LogP contribution in [0.4, 0.5) is 0 Å². The van der Waals surface area contributed by atoms with Crippen molar-refractivity contribution < 1.29 is 14.3 Å². The van der Waals surface area contributed by atoms with E-state index in [2.05, 4.69) is 15.3 Å². The fourth-order valence-corrected chi connectivity index (χ4v) is 5.01. The number of hydrogen-bond acceptors (Lipinski definition) is 6. The van der Waals surface area contributed by atoms with Crippen LogP contribution >= 0.6 is 11.3 Å². The lowest BCUT2D eigenvalue weighted by atomic mass is 9.95. The number of amides is 2. The summed E-state index contributed by atoms with van der Waals surface area (Å²) in [7, 11) is 1.61. The van der Waals surface area contributed by atoms with Gasteiger partial charge in [0, 0.05) is 56.1 Å². The van der Waals surface area contributed by atoms with E-state index in [0.717, 1.165) is 27.9 Å². The standard InChI is InChI=1S/C22H24N4O3S/c1-29-12-10-24-21(28)20-19(17-6-4-9-25-22(17)30-20)15-7-11-26(14-15)18(27)13-16-5-2-3-8-23-16/h2-6,8-9,15H,7,10-14H2,1H3,(H,24,28)/t15-/m1/s1. The highest BCUT2D eigenvalue weighted by molar-refractivity contribution is 7.20. The number of fused-ring (bicyclic) bond motifs is 1. The van der Waals surface area contributed by atoms with Gasteiger partial charge < -0.3 is 15.0 Å². The van der Waals surface area contributed by atoms with E-state index in [0.29, 0.717) is 37.5 Å². The van der Waals surface area contributed by atoms with E-state index < -0.39 is 0 Å². The van der Waals surface area contributed by atoms with Crippen molar-refractivity contribution in [1.82, 2.24) is 20.2 Å². The number of pyridine rings is 2. The molecule has 1 aliphatic rings. The summed E-state index contributed by atoms with van der Waals surface area (Å²) in [6.07, 6.45) is 4.57. The maximum Gasteiger partial charge on any atom is 0.261 e. The first-order valence-electron chi connectivity index (χ1n) is 9.99. The van der Waals surface area contributed by atoms with E-state index in [-0.39, 0.29) is 17.7 Å². The number of nitrogens with one attached hydrogen (secondary N) is 1. The number of likely N-dealkylation sites (tertiary alicyclic amines) is 1. The van der Waals surface area contributed by atoms with Crippen LogP contribution in [-0.2, 0) is 16.0 Å².